The van der Waals surface area contributed by atoms with Crippen molar-refractivity contribution in [3.05, 3.63) is 34.9 Å². The van der Waals surface area contributed by atoms with Crippen molar-refractivity contribution in [3.63, 3.8) is 0 Å². The Hall–Kier alpha value is -1.39. The minimum absolute atomic E-state index is 0.0618. The van der Waals surface area contributed by atoms with E-state index < -0.39 is 0 Å². The molecule has 1 amide bonds. The Bertz CT molecular complexity index is 550. The average molecular weight is 302 g/mol. The monoisotopic (exact) mass is 302 g/mol. The van der Waals surface area contributed by atoms with Crippen molar-refractivity contribution in [2.45, 2.75) is 58.3 Å². The highest BCUT2D eigenvalue weighted by molar-refractivity contribution is 5.77. The lowest BCUT2D eigenvalue weighted by atomic mass is 9.97. The molecule has 0 aliphatic carbocycles. The van der Waals surface area contributed by atoms with Gasteiger partial charge in [-0.25, -0.2) is 0 Å². The number of carbonyl (C=O) groups excluding carboxylic acids is 1. The molecule has 22 heavy (non-hydrogen) atoms. The van der Waals surface area contributed by atoms with E-state index in [1.807, 2.05) is 4.90 Å². The molecule has 1 saturated heterocycles. The number of ether oxygens (including phenoxy) is 1. The predicted octanol–water partition coefficient (Wildman–Crippen LogP) is 2.75. The van der Waals surface area contributed by atoms with Crippen molar-refractivity contribution in [2.75, 3.05) is 6.61 Å². The van der Waals surface area contributed by atoms with Gasteiger partial charge in [-0.3, -0.25) is 4.79 Å². The molecule has 2 aliphatic heterocycles. The standard InChI is InChI=1S/C18H26N2O2/c1-12(2)8-17(21)20-10-14-6-5-13(9-15(14)11-20)18(19)16-4-3-7-22-16/h5-6,9,12,16,18H,3-4,7-8,10-11,19H2,1-2H3. The molecular formula is C18H26N2O2. The van der Waals surface area contributed by atoms with E-state index in [-0.39, 0.29) is 18.1 Å². The molecule has 2 aliphatic rings. The van der Waals surface area contributed by atoms with Gasteiger partial charge in [-0.1, -0.05) is 32.0 Å². The summed E-state index contributed by atoms with van der Waals surface area (Å²) in [6.07, 6.45) is 2.90. The number of carbonyl (C=O) groups is 1. The van der Waals surface area contributed by atoms with Gasteiger partial charge in [0.1, 0.15) is 0 Å². The van der Waals surface area contributed by atoms with Gasteiger partial charge in [0.15, 0.2) is 0 Å². The number of fused-ring (bicyclic) bond motifs is 1. The van der Waals surface area contributed by atoms with Crippen molar-refractivity contribution < 1.29 is 9.53 Å². The van der Waals surface area contributed by atoms with Gasteiger partial charge >= 0.3 is 0 Å². The number of benzene rings is 1. The maximum atomic E-state index is 12.2. The summed E-state index contributed by atoms with van der Waals surface area (Å²) in [7, 11) is 0. The van der Waals surface area contributed by atoms with Crippen LogP contribution in [-0.2, 0) is 22.6 Å². The smallest absolute Gasteiger partial charge is 0.223 e. The number of hydrogen-bond acceptors (Lipinski definition) is 3. The Morgan fingerprint density at radius 2 is 2.14 bits per heavy atom. The van der Waals surface area contributed by atoms with E-state index in [2.05, 4.69) is 32.0 Å². The van der Waals surface area contributed by atoms with Crippen LogP contribution in [0.5, 0.6) is 0 Å². The van der Waals surface area contributed by atoms with E-state index in [0.717, 1.165) is 31.6 Å². The third kappa shape index (κ3) is 3.18. The van der Waals surface area contributed by atoms with Gasteiger partial charge in [-0.2, -0.15) is 0 Å². The first-order chi connectivity index (χ1) is 10.5. The van der Waals surface area contributed by atoms with Gasteiger partial charge in [-0.05, 0) is 35.4 Å². The molecule has 0 radical (unpaired) electrons. The Labute approximate surface area is 132 Å². The van der Waals surface area contributed by atoms with Gasteiger partial charge in [0, 0.05) is 26.1 Å². The summed E-state index contributed by atoms with van der Waals surface area (Å²) in [5.74, 6) is 0.649. The highest BCUT2D eigenvalue weighted by atomic mass is 16.5. The van der Waals surface area contributed by atoms with Crippen LogP contribution in [0.3, 0.4) is 0 Å². The molecule has 2 atom stereocenters. The largest absolute Gasteiger partial charge is 0.376 e. The number of rotatable bonds is 4. The number of amides is 1. The molecule has 4 heteroatoms. The minimum Gasteiger partial charge on any atom is -0.376 e. The van der Waals surface area contributed by atoms with Gasteiger partial charge in [0.25, 0.3) is 0 Å². The predicted molar refractivity (Wildman–Crippen MR) is 86.1 cm³/mol. The molecule has 1 fully saturated rings. The Morgan fingerprint density at radius 3 is 2.82 bits per heavy atom. The van der Waals surface area contributed by atoms with E-state index in [9.17, 15) is 4.79 Å². The van der Waals surface area contributed by atoms with Gasteiger partial charge in [-0.15, -0.1) is 0 Å². The maximum absolute atomic E-state index is 12.2. The molecule has 2 N–H and O–H groups in total. The third-order valence-electron chi connectivity index (χ3n) is 4.64. The first-order valence-corrected chi connectivity index (χ1v) is 8.31. The van der Waals surface area contributed by atoms with Crippen molar-refractivity contribution in [2.24, 2.45) is 11.7 Å². The molecule has 0 aromatic heterocycles. The van der Waals surface area contributed by atoms with Crippen LogP contribution >= 0.6 is 0 Å². The van der Waals surface area contributed by atoms with Crippen molar-refractivity contribution in [1.29, 1.82) is 0 Å². The molecule has 120 valence electrons. The van der Waals surface area contributed by atoms with E-state index in [4.69, 9.17) is 10.5 Å². The fourth-order valence-corrected chi connectivity index (χ4v) is 3.38. The summed E-state index contributed by atoms with van der Waals surface area (Å²) < 4.78 is 5.70. The molecule has 2 heterocycles. The highest BCUT2D eigenvalue weighted by Crippen LogP contribution is 2.30. The zero-order valence-corrected chi connectivity index (χ0v) is 13.5. The van der Waals surface area contributed by atoms with E-state index in [1.54, 1.807) is 0 Å². The molecule has 0 bridgehead atoms. The van der Waals surface area contributed by atoms with Gasteiger partial charge < -0.3 is 15.4 Å². The van der Waals surface area contributed by atoms with Gasteiger partial charge in [0.2, 0.25) is 5.91 Å². The molecule has 3 rings (SSSR count). The summed E-state index contributed by atoms with van der Waals surface area (Å²) in [6.45, 7) is 6.43. The number of nitrogens with zero attached hydrogens (tertiary/aromatic N) is 1. The Morgan fingerprint density at radius 1 is 1.36 bits per heavy atom. The minimum atomic E-state index is -0.0618. The fraction of sp³-hybridized carbons (Fsp3) is 0.611. The SMILES string of the molecule is CC(C)CC(=O)N1Cc2ccc(C(N)C3CCCO3)cc2C1. The van der Waals surface area contributed by atoms with Crippen LogP contribution in [-0.4, -0.2) is 23.5 Å². The summed E-state index contributed by atoms with van der Waals surface area (Å²) in [4.78, 5) is 14.2. The lowest BCUT2D eigenvalue weighted by molar-refractivity contribution is -0.132. The first-order valence-electron chi connectivity index (χ1n) is 8.31. The summed E-state index contributed by atoms with van der Waals surface area (Å²) in [5, 5.41) is 0. The molecule has 1 aromatic rings. The fourth-order valence-electron chi connectivity index (χ4n) is 3.38. The third-order valence-corrected chi connectivity index (χ3v) is 4.64. The lowest BCUT2D eigenvalue weighted by Gasteiger charge is -2.19. The quantitative estimate of drug-likeness (QED) is 0.930. The number of nitrogens with two attached hydrogens (primary N) is 1. The van der Waals surface area contributed by atoms with Crippen molar-refractivity contribution in [3.8, 4) is 0 Å². The van der Waals surface area contributed by atoms with E-state index >= 15 is 0 Å². The summed E-state index contributed by atoms with van der Waals surface area (Å²) in [5.41, 5.74) is 9.97. The second-order valence-corrected chi connectivity index (χ2v) is 6.95. The highest BCUT2D eigenvalue weighted by Gasteiger charge is 2.27. The van der Waals surface area contributed by atoms with Crippen LogP contribution in [0, 0.1) is 5.92 Å². The Balaban J connectivity index is 1.70. The van der Waals surface area contributed by atoms with Crippen LogP contribution in [0.1, 0.15) is 55.8 Å². The maximum Gasteiger partial charge on any atom is 0.223 e. The van der Waals surface area contributed by atoms with Crippen LogP contribution in [0.15, 0.2) is 18.2 Å². The molecule has 2 unspecified atom stereocenters. The summed E-state index contributed by atoms with van der Waals surface area (Å²) >= 11 is 0. The van der Waals surface area contributed by atoms with Crippen LogP contribution in [0.25, 0.3) is 0 Å². The van der Waals surface area contributed by atoms with E-state index in [0.29, 0.717) is 18.9 Å². The molecule has 1 aromatic carbocycles. The molecule has 4 nitrogen and oxygen atoms in total. The normalized spacial score (nSPS) is 22.2. The van der Waals surface area contributed by atoms with Crippen molar-refractivity contribution in [1.82, 2.24) is 4.90 Å². The molecule has 0 saturated carbocycles. The van der Waals surface area contributed by atoms with Gasteiger partial charge in [0.05, 0.1) is 12.1 Å². The average Bonchev–Trinajstić information content (AvgIpc) is 3.14. The topological polar surface area (TPSA) is 55.6 Å². The van der Waals surface area contributed by atoms with Crippen LogP contribution in [0.4, 0.5) is 0 Å². The Kier molecular flexibility index (Phi) is 4.50. The first kappa shape index (κ1) is 15.5. The van der Waals surface area contributed by atoms with Crippen molar-refractivity contribution >= 4 is 5.91 Å². The second-order valence-electron chi connectivity index (χ2n) is 6.95. The van der Waals surface area contributed by atoms with Crippen LogP contribution in [0.2, 0.25) is 0 Å². The zero-order valence-electron chi connectivity index (χ0n) is 13.5. The number of hydrogen-bond donors (Lipinski definition) is 1. The zero-order chi connectivity index (χ0) is 15.7. The van der Waals surface area contributed by atoms with E-state index in [1.165, 1.54) is 11.1 Å². The molecule has 0 spiro atoms. The summed E-state index contributed by atoms with van der Waals surface area (Å²) in [6, 6.07) is 6.34. The second kappa shape index (κ2) is 6.39. The van der Waals surface area contributed by atoms with Crippen LogP contribution < -0.4 is 5.73 Å². The lowest BCUT2D eigenvalue weighted by Crippen LogP contribution is -2.26. The molecular weight excluding hydrogens is 276 g/mol.